The second kappa shape index (κ2) is 4.91. The van der Waals surface area contributed by atoms with Crippen molar-refractivity contribution in [1.29, 1.82) is 0 Å². The average Bonchev–Trinajstić information content (AvgIpc) is 2.31. The molecule has 0 unspecified atom stereocenters. The minimum atomic E-state index is -0.341. The number of ketones is 1. The Hall–Kier alpha value is -1.67. The van der Waals surface area contributed by atoms with E-state index in [0.29, 0.717) is 21.7 Å². The molecule has 0 aromatic heterocycles. The third-order valence-electron chi connectivity index (χ3n) is 2.88. The van der Waals surface area contributed by atoms with Crippen LogP contribution in [0.4, 0.5) is 4.39 Å². The van der Waals surface area contributed by atoms with Crippen molar-refractivity contribution in [2.24, 2.45) is 0 Å². The van der Waals surface area contributed by atoms with E-state index in [9.17, 15) is 9.18 Å². The van der Waals surface area contributed by atoms with Crippen LogP contribution in [0, 0.1) is 19.7 Å². The number of aryl methyl sites for hydroxylation is 2. The fourth-order valence-corrected chi connectivity index (χ4v) is 2.04. The maximum absolute atomic E-state index is 13.0. The first-order valence-corrected chi connectivity index (χ1v) is 5.94. The van der Waals surface area contributed by atoms with Gasteiger partial charge < -0.3 is 0 Å². The van der Waals surface area contributed by atoms with Gasteiger partial charge in [0.25, 0.3) is 0 Å². The Morgan fingerprint density at radius 1 is 1.00 bits per heavy atom. The van der Waals surface area contributed by atoms with E-state index in [-0.39, 0.29) is 11.6 Å². The van der Waals surface area contributed by atoms with Gasteiger partial charge in [0.1, 0.15) is 5.82 Å². The number of rotatable bonds is 2. The lowest BCUT2D eigenvalue weighted by atomic mass is 9.96. The molecule has 18 heavy (non-hydrogen) atoms. The van der Waals surface area contributed by atoms with Crippen molar-refractivity contribution in [3.8, 4) is 0 Å². The quantitative estimate of drug-likeness (QED) is 0.737. The number of benzene rings is 2. The third-order valence-corrected chi connectivity index (χ3v) is 3.11. The number of hydrogen-bond donors (Lipinski definition) is 0. The summed E-state index contributed by atoms with van der Waals surface area (Å²) in [6.07, 6.45) is 0. The maximum Gasteiger partial charge on any atom is 0.193 e. The van der Waals surface area contributed by atoms with Crippen molar-refractivity contribution in [1.82, 2.24) is 0 Å². The Morgan fingerprint density at radius 3 is 2.39 bits per heavy atom. The predicted octanol–water partition coefficient (Wildman–Crippen LogP) is 4.33. The van der Waals surface area contributed by atoms with Gasteiger partial charge in [-0.25, -0.2) is 4.39 Å². The maximum atomic E-state index is 13.0. The molecule has 1 nitrogen and oxygen atoms in total. The molecule has 0 aliphatic heterocycles. The molecular weight excluding hydrogens is 251 g/mol. The minimum Gasteiger partial charge on any atom is -0.289 e. The Bertz CT molecular complexity index is 620. The smallest absolute Gasteiger partial charge is 0.193 e. The lowest BCUT2D eigenvalue weighted by Gasteiger charge is -2.08. The summed E-state index contributed by atoms with van der Waals surface area (Å²) in [5.74, 6) is -0.473. The molecule has 2 aromatic rings. The second-order valence-electron chi connectivity index (χ2n) is 4.25. The van der Waals surface area contributed by atoms with Crippen molar-refractivity contribution < 1.29 is 9.18 Å². The van der Waals surface area contributed by atoms with Gasteiger partial charge in [0, 0.05) is 16.1 Å². The van der Waals surface area contributed by atoms with Gasteiger partial charge in [-0.15, -0.1) is 0 Å². The standard InChI is InChI=1S/C15H12ClFO/c1-9-3-4-11(16)8-14(9)15(18)13-6-5-12(17)7-10(13)2/h3-8H,1-2H3. The molecule has 0 aliphatic rings. The lowest BCUT2D eigenvalue weighted by Crippen LogP contribution is -2.06. The zero-order chi connectivity index (χ0) is 13.3. The molecule has 0 N–H and O–H groups in total. The van der Waals surface area contributed by atoms with E-state index in [0.717, 1.165) is 5.56 Å². The molecule has 0 saturated heterocycles. The molecule has 2 aromatic carbocycles. The molecule has 2 rings (SSSR count). The molecule has 0 amide bonds. The fourth-order valence-electron chi connectivity index (χ4n) is 1.87. The molecule has 0 saturated carbocycles. The molecule has 92 valence electrons. The highest BCUT2D eigenvalue weighted by Gasteiger charge is 2.14. The summed E-state index contributed by atoms with van der Waals surface area (Å²) in [5, 5.41) is 0.517. The van der Waals surface area contributed by atoms with Gasteiger partial charge in [0.15, 0.2) is 5.78 Å². The predicted molar refractivity (Wildman–Crippen MR) is 70.8 cm³/mol. The van der Waals surface area contributed by atoms with Gasteiger partial charge in [0.2, 0.25) is 0 Å². The van der Waals surface area contributed by atoms with Crippen molar-refractivity contribution >= 4 is 17.4 Å². The van der Waals surface area contributed by atoms with Crippen LogP contribution in [0.15, 0.2) is 36.4 Å². The van der Waals surface area contributed by atoms with Crippen LogP contribution in [0.3, 0.4) is 0 Å². The molecule has 0 bridgehead atoms. The summed E-state index contributed by atoms with van der Waals surface area (Å²) in [4.78, 5) is 12.4. The van der Waals surface area contributed by atoms with Gasteiger partial charge in [-0.3, -0.25) is 4.79 Å². The van der Waals surface area contributed by atoms with Gasteiger partial charge in [0.05, 0.1) is 0 Å². The highest BCUT2D eigenvalue weighted by molar-refractivity contribution is 6.31. The van der Waals surface area contributed by atoms with Crippen molar-refractivity contribution in [3.63, 3.8) is 0 Å². The van der Waals surface area contributed by atoms with E-state index in [1.165, 1.54) is 18.2 Å². The first kappa shape index (κ1) is 12.8. The monoisotopic (exact) mass is 262 g/mol. The first-order valence-electron chi connectivity index (χ1n) is 5.56. The zero-order valence-electron chi connectivity index (χ0n) is 10.1. The number of hydrogen-bond acceptors (Lipinski definition) is 1. The van der Waals surface area contributed by atoms with E-state index in [1.54, 1.807) is 25.1 Å². The molecular formula is C15H12ClFO. The summed E-state index contributed by atoms with van der Waals surface area (Å²) in [6.45, 7) is 3.57. The van der Waals surface area contributed by atoms with Gasteiger partial charge in [-0.1, -0.05) is 17.7 Å². The molecule has 0 heterocycles. The van der Waals surface area contributed by atoms with Crippen LogP contribution in [-0.4, -0.2) is 5.78 Å². The van der Waals surface area contributed by atoms with Gasteiger partial charge in [-0.05, 0) is 55.3 Å². The number of halogens is 2. The van der Waals surface area contributed by atoms with Crippen LogP contribution >= 0.6 is 11.6 Å². The second-order valence-corrected chi connectivity index (χ2v) is 4.68. The van der Waals surface area contributed by atoms with Crippen LogP contribution in [0.5, 0.6) is 0 Å². The van der Waals surface area contributed by atoms with E-state index in [4.69, 9.17) is 11.6 Å². The summed E-state index contributed by atoms with van der Waals surface area (Å²) in [5.41, 5.74) is 2.53. The van der Waals surface area contributed by atoms with Crippen LogP contribution in [0.1, 0.15) is 27.0 Å². The van der Waals surface area contributed by atoms with Crippen LogP contribution in [-0.2, 0) is 0 Å². The van der Waals surface area contributed by atoms with E-state index < -0.39 is 0 Å². The summed E-state index contributed by atoms with van der Waals surface area (Å²) in [6, 6.07) is 9.34. The normalized spacial score (nSPS) is 10.4. The Morgan fingerprint density at radius 2 is 1.72 bits per heavy atom. The number of carbonyl (C=O) groups is 1. The Kier molecular flexibility index (Phi) is 3.48. The summed E-state index contributed by atoms with van der Waals surface area (Å²) < 4.78 is 13.0. The largest absolute Gasteiger partial charge is 0.289 e. The van der Waals surface area contributed by atoms with E-state index in [2.05, 4.69) is 0 Å². The highest BCUT2D eigenvalue weighted by atomic mass is 35.5. The molecule has 0 radical (unpaired) electrons. The van der Waals surface area contributed by atoms with E-state index in [1.807, 2.05) is 6.92 Å². The van der Waals surface area contributed by atoms with Crippen molar-refractivity contribution in [2.45, 2.75) is 13.8 Å². The van der Waals surface area contributed by atoms with Crippen molar-refractivity contribution in [2.75, 3.05) is 0 Å². The van der Waals surface area contributed by atoms with Gasteiger partial charge in [-0.2, -0.15) is 0 Å². The molecule has 0 aliphatic carbocycles. The van der Waals surface area contributed by atoms with Gasteiger partial charge >= 0.3 is 0 Å². The Balaban J connectivity index is 2.51. The topological polar surface area (TPSA) is 17.1 Å². The molecule has 3 heteroatoms. The van der Waals surface area contributed by atoms with Crippen LogP contribution in [0.25, 0.3) is 0 Å². The highest BCUT2D eigenvalue weighted by Crippen LogP contribution is 2.21. The Labute approximate surface area is 110 Å². The number of carbonyl (C=O) groups excluding carboxylic acids is 1. The average molecular weight is 263 g/mol. The van der Waals surface area contributed by atoms with Crippen LogP contribution in [0.2, 0.25) is 5.02 Å². The molecule has 0 fully saturated rings. The first-order chi connectivity index (χ1) is 8.49. The SMILES string of the molecule is Cc1cc(F)ccc1C(=O)c1cc(Cl)ccc1C. The van der Waals surface area contributed by atoms with Crippen molar-refractivity contribution in [3.05, 3.63) is 69.5 Å². The molecule has 0 atom stereocenters. The summed E-state index contributed by atoms with van der Waals surface area (Å²) >= 11 is 5.90. The fraction of sp³-hybridized carbons (Fsp3) is 0.133. The van der Waals surface area contributed by atoms with E-state index >= 15 is 0 Å². The molecule has 0 spiro atoms. The van der Waals surface area contributed by atoms with Crippen LogP contribution < -0.4 is 0 Å². The zero-order valence-corrected chi connectivity index (χ0v) is 10.9. The third kappa shape index (κ3) is 2.44. The minimum absolute atomic E-state index is 0.132. The summed E-state index contributed by atoms with van der Waals surface area (Å²) in [7, 11) is 0. The lowest BCUT2D eigenvalue weighted by molar-refractivity contribution is 0.103.